The van der Waals surface area contributed by atoms with Gasteiger partial charge in [-0.15, -0.1) is 10.2 Å². The third-order valence-corrected chi connectivity index (χ3v) is 5.60. The Hall–Kier alpha value is -2.22. The second-order valence-electron chi connectivity index (χ2n) is 8.09. The Labute approximate surface area is 166 Å². The van der Waals surface area contributed by atoms with E-state index < -0.39 is 0 Å². The van der Waals surface area contributed by atoms with E-state index in [2.05, 4.69) is 49.2 Å². The van der Waals surface area contributed by atoms with Gasteiger partial charge in [-0.1, -0.05) is 20.3 Å². The first-order valence-corrected chi connectivity index (χ1v) is 10.6. The molecule has 28 heavy (non-hydrogen) atoms. The molecule has 0 aliphatic carbocycles. The van der Waals surface area contributed by atoms with Gasteiger partial charge < -0.3 is 19.9 Å². The van der Waals surface area contributed by atoms with Crippen molar-refractivity contribution in [3.8, 4) is 0 Å². The molecule has 4 heterocycles. The van der Waals surface area contributed by atoms with Gasteiger partial charge in [0.2, 0.25) is 5.95 Å². The monoisotopic (exact) mass is 385 g/mol. The molecule has 0 bridgehead atoms. The molecule has 1 saturated heterocycles. The molecule has 0 radical (unpaired) electrons. The van der Waals surface area contributed by atoms with Crippen LogP contribution >= 0.6 is 0 Å². The molecule has 2 aliphatic rings. The number of nitrogens with zero attached hydrogens (tertiary/aromatic N) is 5. The first-order chi connectivity index (χ1) is 13.7. The Balaban J connectivity index is 1.40. The lowest BCUT2D eigenvalue weighted by Crippen LogP contribution is -2.43. The number of anilines is 2. The first kappa shape index (κ1) is 19.1. The van der Waals surface area contributed by atoms with E-state index in [4.69, 9.17) is 4.74 Å². The van der Waals surface area contributed by atoms with Crippen LogP contribution in [0, 0.1) is 5.92 Å². The highest BCUT2D eigenvalue weighted by atomic mass is 16.5. The molecule has 0 amide bonds. The minimum atomic E-state index is 0.214. The molecule has 2 aliphatic heterocycles. The van der Waals surface area contributed by atoms with Gasteiger partial charge in [0.05, 0.1) is 18.7 Å². The molecular weight excluding hydrogens is 354 g/mol. The van der Waals surface area contributed by atoms with E-state index in [1.54, 1.807) is 6.20 Å². The van der Waals surface area contributed by atoms with Crippen molar-refractivity contribution in [1.29, 1.82) is 0 Å². The Morgan fingerprint density at radius 3 is 3.04 bits per heavy atom. The van der Waals surface area contributed by atoms with Gasteiger partial charge in [-0.3, -0.25) is 0 Å². The highest BCUT2D eigenvalue weighted by molar-refractivity contribution is 5.40. The average Bonchev–Trinajstić information content (AvgIpc) is 2.93. The van der Waals surface area contributed by atoms with Gasteiger partial charge in [0.1, 0.15) is 11.6 Å². The van der Waals surface area contributed by atoms with Crippen LogP contribution in [0.3, 0.4) is 0 Å². The molecule has 2 N–H and O–H groups in total. The van der Waals surface area contributed by atoms with Crippen molar-refractivity contribution in [2.45, 2.75) is 77.6 Å². The maximum Gasteiger partial charge on any atom is 0.224 e. The summed E-state index contributed by atoms with van der Waals surface area (Å²) in [5, 5.41) is 15.6. The zero-order valence-electron chi connectivity index (χ0n) is 16.9. The van der Waals surface area contributed by atoms with Crippen molar-refractivity contribution in [1.82, 2.24) is 24.7 Å². The van der Waals surface area contributed by atoms with Crippen molar-refractivity contribution >= 4 is 11.8 Å². The lowest BCUT2D eigenvalue weighted by molar-refractivity contribution is -0.0203. The fraction of sp³-hybridized carbons (Fsp3) is 0.700. The van der Waals surface area contributed by atoms with Gasteiger partial charge >= 0.3 is 0 Å². The predicted octanol–water partition coefficient (Wildman–Crippen LogP) is 3.02. The highest BCUT2D eigenvalue weighted by Gasteiger charge is 2.28. The van der Waals surface area contributed by atoms with Gasteiger partial charge in [-0.25, -0.2) is 4.98 Å². The largest absolute Gasteiger partial charge is 0.376 e. The van der Waals surface area contributed by atoms with Gasteiger partial charge in [-0.05, 0) is 37.7 Å². The smallest absolute Gasteiger partial charge is 0.224 e. The zero-order chi connectivity index (χ0) is 19.3. The SMILES string of the molecule is CC(C)C1OCCCC1Nc1ccnc(NCc2nnc3n2CCCCC3)n1. The number of fused-ring (bicyclic) bond motifs is 1. The number of hydrogen-bond acceptors (Lipinski definition) is 7. The third-order valence-electron chi connectivity index (χ3n) is 5.60. The number of aryl methyl sites for hydroxylation is 1. The van der Waals surface area contributed by atoms with E-state index in [9.17, 15) is 0 Å². The van der Waals surface area contributed by atoms with Crippen LogP contribution in [-0.2, 0) is 24.2 Å². The van der Waals surface area contributed by atoms with Crippen LogP contribution in [0.5, 0.6) is 0 Å². The van der Waals surface area contributed by atoms with Crippen molar-refractivity contribution in [3.05, 3.63) is 23.9 Å². The summed E-state index contributed by atoms with van der Waals surface area (Å²) in [5.41, 5.74) is 0. The Morgan fingerprint density at radius 2 is 2.14 bits per heavy atom. The summed E-state index contributed by atoms with van der Waals surface area (Å²) in [6.45, 7) is 6.84. The number of rotatable bonds is 6. The highest BCUT2D eigenvalue weighted by Crippen LogP contribution is 2.23. The summed E-state index contributed by atoms with van der Waals surface area (Å²) in [4.78, 5) is 9.01. The van der Waals surface area contributed by atoms with E-state index in [0.29, 0.717) is 18.4 Å². The molecule has 0 aromatic carbocycles. The lowest BCUT2D eigenvalue weighted by atomic mass is 9.94. The lowest BCUT2D eigenvalue weighted by Gasteiger charge is -2.35. The van der Waals surface area contributed by atoms with E-state index >= 15 is 0 Å². The number of ether oxygens (including phenoxy) is 1. The fourth-order valence-corrected chi connectivity index (χ4v) is 4.16. The van der Waals surface area contributed by atoms with Crippen LogP contribution in [-0.4, -0.2) is 43.5 Å². The van der Waals surface area contributed by atoms with Gasteiger partial charge in [0.25, 0.3) is 0 Å². The summed E-state index contributed by atoms with van der Waals surface area (Å²) < 4.78 is 8.22. The van der Waals surface area contributed by atoms with E-state index in [1.165, 1.54) is 19.3 Å². The van der Waals surface area contributed by atoms with Crippen molar-refractivity contribution in [2.24, 2.45) is 5.92 Å². The van der Waals surface area contributed by atoms with Crippen LogP contribution in [0.15, 0.2) is 12.3 Å². The van der Waals surface area contributed by atoms with Crippen molar-refractivity contribution in [2.75, 3.05) is 17.2 Å². The summed E-state index contributed by atoms with van der Waals surface area (Å²) in [7, 11) is 0. The van der Waals surface area contributed by atoms with Crippen LogP contribution in [0.4, 0.5) is 11.8 Å². The second kappa shape index (κ2) is 8.86. The number of nitrogens with one attached hydrogen (secondary N) is 2. The standard InChI is InChI=1S/C20H31N7O/c1-14(2)19-15(7-6-12-28-19)23-16-9-10-21-20(24-16)22-13-18-26-25-17-8-4-3-5-11-27(17)18/h9-10,14-15,19H,3-8,11-13H2,1-2H3,(H2,21,22,23,24). The molecule has 2 unspecified atom stereocenters. The molecule has 2 aromatic rings. The van der Waals surface area contributed by atoms with Crippen molar-refractivity contribution in [3.63, 3.8) is 0 Å². The van der Waals surface area contributed by atoms with E-state index in [1.807, 2.05) is 6.07 Å². The fourth-order valence-electron chi connectivity index (χ4n) is 4.16. The quantitative estimate of drug-likeness (QED) is 0.790. The predicted molar refractivity (Wildman–Crippen MR) is 108 cm³/mol. The minimum absolute atomic E-state index is 0.214. The minimum Gasteiger partial charge on any atom is -0.376 e. The summed E-state index contributed by atoms with van der Waals surface area (Å²) in [6.07, 6.45) is 8.84. The van der Waals surface area contributed by atoms with Gasteiger partial charge in [0, 0.05) is 25.8 Å². The van der Waals surface area contributed by atoms with Crippen LogP contribution in [0.2, 0.25) is 0 Å². The molecule has 8 heteroatoms. The summed E-state index contributed by atoms with van der Waals surface area (Å²) in [5.74, 6) is 3.97. The Bertz CT molecular complexity index is 776. The molecule has 4 rings (SSSR count). The first-order valence-electron chi connectivity index (χ1n) is 10.6. The van der Waals surface area contributed by atoms with E-state index in [-0.39, 0.29) is 12.1 Å². The topological polar surface area (TPSA) is 89.8 Å². The molecular formula is C20H31N7O. The maximum absolute atomic E-state index is 5.97. The molecule has 152 valence electrons. The van der Waals surface area contributed by atoms with Crippen LogP contribution < -0.4 is 10.6 Å². The number of aromatic nitrogens is 5. The second-order valence-corrected chi connectivity index (χ2v) is 8.09. The maximum atomic E-state index is 5.97. The molecule has 1 fully saturated rings. The summed E-state index contributed by atoms with van der Waals surface area (Å²) in [6, 6.07) is 2.20. The van der Waals surface area contributed by atoms with E-state index in [0.717, 1.165) is 49.9 Å². The average molecular weight is 386 g/mol. The van der Waals surface area contributed by atoms with Crippen molar-refractivity contribution < 1.29 is 4.74 Å². The number of hydrogen-bond donors (Lipinski definition) is 2. The Morgan fingerprint density at radius 1 is 1.21 bits per heavy atom. The molecule has 2 atom stereocenters. The normalized spacial score (nSPS) is 22.5. The summed E-state index contributed by atoms with van der Waals surface area (Å²) >= 11 is 0. The zero-order valence-corrected chi connectivity index (χ0v) is 16.9. The molecule has 0 spiro atoms. The molecule has 2 aromatic heterocycles. The van der Waals surface area contributed by atoms with Crippen LogP contribution in [0.1, 0.15) is 57.6 Å². The van der Waals surface area contributed by atoms with Gasteiger partial charge in [0.15, 0.2) is 5.82 Å². The molecule has 0 saturated carbocycles. The molecule has 8 nitrogen and oxygen atoms in total. The Kier molecular flexibility index (Phi) is 6.04. The van der Waals surface area contributed by atoms with Gasteiger partial charge in [-0.2, -0.15) is 4.98 Å². The van der Waals surface area contributed by atoms with Crippen LogP contribution in [0.25, 0.3) is 0 Å². The third kappa shape index (κ3) is 4.43.